The second kappa shape index (κ2) is 11.2. The van der Waals surface area contributed by atoms with E-state index in [4.69, 9.17) is 9.47 Å². The number of anilines is 1. The van der Waals surface area contributed by atoms with Gasteiger partial charge in [0.15, 0.2) is 0 Å². The normalized spacial score (nSPS) is 14.8. The molecule has 1 aliphatic rings. The third kappa shape index (κ3) is 6.50. The van der Waals surface area contributed by atoms with E-state index in [1.807, 2.05) is 12.1 Å². The molecule has 0 bridgehead atoms. The summed E-state index contributed by atoms with van der Waals surface area (Å²) in [6.45, 7) is 7.17. The van der Waals surface area contributed by atoms with Gasteiger partial charge >= 0.3 is 0 Å². The Morgan fingerprint density at radius 3 is 1.76 bits per heavy atom. The molecule has 0 spiro atoms. The van der Waals surface area contributed by atoms with E-state index in [1.165, 1.54) is 22.4 Å². The molecule has 0 amide bonds. The SMILES string of the molecule is COc1cccc(CN(Cc2cccc(OC)c2)c2ccc(CN3CCN(C)CC3)cc2)c1. The summed E-state index contributed by atoms with van der Waals surface area (Å²) in [5, 5.41) is 0. The molecule has 33 heavy (non-hydrogen) atoms. The third-order valence-electron chi connectivity index (χ3n) is 6.32. The molecule has 0 atom stereocenters. The Morgan fingerprint density at radius 1 is 0.697 bits per heavy atom. The molecule has 3 aromatic rings. The summed E-state index contributed by atoms with van der Waals surface area (Å²) in [7, 11) is 5.63. The van der Waals surface area contributed by atoms with Gasteiger partial charge in [-0.25, -0.2) is 0 Å². The van der Waals surface area contributed by atoms with Crippen LogP contribution in [0.5, 0.6) is 11.5 Å². The van der Waals surface area contributed by atoms with E-state index in [0.29, 0.717) is 0 Å². The van der Waals surface area contributed by atoms with E-state index >= 15 is 0 Å². The summed E-state index contributed by atoms with van der Waals surface area (Å²) < 4.78 is 10.9. The van der Waals surface area contributed by atoms with Crippen LogP contribution in [0.3, 0.4) is 0 Å². The highest BCUT2D eigenvalue weighted by molar-refractivity contribution is 5.49. The van der Waals surface area contributed by atoms with Crippen LogP contribution in [-0.4, -0.2) is 57.2 Å². The maximum atomic E-state index is 5.44. The van der Waals surface area contributed by atoms with Crippen molar-refractivity contribution in [2.24, 2.45) is 0 Å². The molecule has 0 saturated carbocycles. The number of nitrogens with zero attached hydrogens (tertiary/aromatic N) is 3. The maximum absolute atomic E-state index is 5.44. The first-order chi connectivity index (χ1) is 16.1. The molecule has 1 fully saturated rings. The first-order valence-corrected chi connectivity index (χ1v) is 11.6. The van der Waals surface area contributed by atoms with Crippen molar-refractivity contribution < 1.29 is 9.47 Å². The van der Waals surface area contributed by atoms with Crippen LogP contribution >= 0.6 is 0 Å². The van der Waals surface area contributed by atoms with Crippen LogP contribution in [0.2, 0.25) is 0 Å². The van der Waals surface area contributed by atoms with E-state index in [9.17, 15) is 0 Å². The molecule has 1 saturated heterocycles. The Bertz CT molecular complexity index is 964. The van der Waals surface area contributed by atoms with Crippen molar-refractivity contribution >= 4 is 5.69 Å². The summed E-state index contributed by atoms with van der Waals surface area (Å²) in [5.41, 5.74) is 5.02. The van der Waals surface area contributed by atoms with Gasteiger partial charge in [0.25, 0.3) is 0 Å². The van der Waals surface area contributed by atoms with Crippen molar-refractivity contribution in [3.05, 3.63) is 89.5 Å². The zero-order chi connectivity index (χ0) is 23.0. The van der Waals surface area contributed by atoms with E-state index in [1.54, 1.807) is 14.2 Å². The first kappa shape index (κ1) is 23.1. The molecule has 5 nitrogen and oxygen atoms in total. The van der Waals surface area contributed by atoms with Gasteiger partial charge in [0, 0.05) is 51.5 Å². The number of methoxy groups -OCH3 is 2. The van der Waals surface area contributed by atoms with Crippen molar-refractivity contribution in [2.75, 3.05) is 52.3 Å². The number of benzene rings is 3. The number of rotatable bonds is 9. The van der Waals surface area contributed by atoms with E-state index in [-0.39, 0.29) is 0 Å². The van der Waals surface area contributed by atoms with Crippen molar-refractivity contribution in [3.8, 4) is 11.5 Å². The van der Waals surface area contributed by atoms with E-state index in [2.05, 4.69) is 82.4 Å². The lowest BCUT2D eigenvalue weighted by atomic mass is 10.1. The lowest BCUT2D eigenvalue weighted by Crippen LogP contribution is -2.43. The fraction of sp³-hybridized carbons (Fsp3) is 0.357. The topological polar surface area (TPSA) is 28.2 Å². The van der Waals surface area contributed by atoms with Crippen molar-refractivity contribution in [1.82, 2.24) is 9.80 Å². The van der Waals surface area contributed by atoms with E-state index < -0.39 is 0 Å². The maximum Gasteiger partial charge on any atom is 0.119 e. The molecule has 0 unspecified atom stereocenters. The molecule has 3 aromatic carbocycles. The quantitative estimate of drug-likeness (QED) is 0.478. The van der Waals surface area contributed by atoms with Gasteiger partial charge in [-0.3, -0.25) is 4.90 Å². The van der Waals surface area contributed by atoms with Gasteiger partial charge in [-0.05, 0) is 60.1 Å². The summed E-state index contributed by atoms with van der Waals surface area (Å²) in [4.78, 5) is 7.34. The highest BCUT2D eigenvalue weighted by atomic mass is 16.5. The second-order valence-corrected chi connectivity index (χ2v) is 8.80. The average Bonchev–Trinajstić information content (AvgIpc) is 2.86. The highest BCUT2D eigenvalue weighted by Gasteiger charge is 2.15. The van der Waals surface area contributed by atoms with Crippen LogP contribution in [0.25, 0.3) is 0 Å². The van der Waals surface area contributed by atoms with Gasteiger partial charge < -0.3 is 19.3 Å². The highest BCUT2D eigenvalue weighted by Crippen LogP contribution is 2.24. The molecular weight excluding hydrogens is 410 g/mol. The molecule has 1 aliphatic heterocycles. The fourth-order valence-corrected chi connectivity index (χ4v) is 4.30. The largest absolute Gasteiger partial charge is 0.497 e. The van der Waals surface area contributed by atoms with Crippen LogP contribution in [0.1, 0.15) is 16.7 Å². The summed E-state index contributed by atoms with van der Waals surface area (Å²) in [6, 6.07) is 25.7. The van der Waals surface area contributed by atoms with Gasteiger partial charge in [0.05, 0.1) is 14.2 Å². The summed E-state index contributed by atoms with van der Waals surface area (Å²) in [5.74, 6) is 1.77. The molecule has 4 rings (SSSR count). The number of hydrogen-bond donors (Lipinski definition) is 0. The lowest BCUT2D eigenvalue weighted by Gasteiger charge is -2.32. The molecule has 0 aliphatic carbocycles. The van der Waals surface area contributed by atoms with Crippen LogP contribution < -0.4 is 14.4 Å². The van der Waals surface area contributed by atoms with Crippen molar-refractivity contribution in [3.63, 3.8) is 0 Å². The van der Waals surface area contributed by atoms with Gasteiger partial charge in [-0.1, -0.05) is 36.4 Å². The van der Waals surface area contributed by atoms with Crippen molar-refractivity contribution in [2.45, 2.75) is 19.6 Å². The van der Waals surface area contributed by atoms with Crippen molar-refractivity contribution in [1.29, 1.82) is 0 Å². The first-order valence-electron chi connectivity index (χ1n) is 11.6. The zero-order valence-corrected chi connectivity index (χ0v) is 20.0. The van der Waals surface area contributed by atoms with Crippen LogP contribution in [0, 0.1) is 0 Å². The Morgan fingerprint density at radius 2 is 1.24 bits per heavy atom. The standard InChI is InChI=1S/C28H35N3O2/c1-29-14-16-30(17-15-29)20-23-10-12-26(13-11-23)31(21-24-6-4-8-27(18-24)32-2)22-25-7-5-9-28(19-25)33-3/h4-13,18-19H,14-17,20-22H2,1-3H3. The average molecular weight is 446 g/mol. The van der Waals surface area contributed by atoms with Gasteiger partial charge in [0.1, 0.15) is 11.5 Å². The monoisotopic (exact) mass is 445 g/mol. The second-order valence-electron chi connectivity index (χ2n) is 8.80. The fourth-order valence-electron chi connectivity index (χ4n) is 4.30. The minimum Gasteiger partial charge on any atom is -0.497 e. The predicted molar refractivity (Wildman–Crippen MR) is 135 cm³/mol. The summed E-state index contributed by atoms with van der Waals surface area (Å²) >= 11 is 0. The minimum atomic E-state index is 0.798. The third-order valence-corrected chi connectivity index (χ3v) is 6.32. The summed E-state index contributed by atoms with van der Waals surface area (Å²) in [6.07, 6.45) is 0. The van der Waals surface area contributed by atoms with Gasteiger partial charge in [-0.15, -0.1) is 0 Å². The van der Waals surface area contributed by atoms with Crippen LogP contribution in [-0.2, 0) is 19.6 Å². The molecule has 174 valence electrons. The molecular formula is C28H35N3O2. The van der Waals surface area contributed by atoms with E-state index in [0.717, 1.165) is 57.3 Å². The molecule has 0 radical (unpaired) electrons. The van der Waals surface area contributed by atoms with Gasteiger partial charge in [0.2, 0.25) is 0 Å². The van der Waals surface area contributed by atoms with Gasteiger partial charge in [-0.2, -0.15) is 0 Å². The predicted octanol–water partition coefficient (Wildman–Crippen LogP) is 4.66. The Balaban J connectivity index is 1.52. The van der Waals surface area contributed by atoms with Crippen LogP contribution in [0.15, 0.2) is 72.8 Å². The van der Waals surface area contributed by atoms with Crippen LogP contribution in [0.4, 0.5) is 5.69 Å². The number of piperazine rings is 1. The number of likely N-dealkylation sites (N-methyl/N-ethyl adjacent to an activating group) is 1. The molecule has 0 N–H and O–H groups in total. The smallest absolute Gasteiger partial charge is 0.119 e. The lowest BCUT2D eigenvalue weighted by molar-refractivity contribution is 0.148. The minimum absolute atomic E-state index is 0.798. The molecule has 0 aromatic heterocycles. The molecule has 5 heteroatoms. The number of hydrogen-bond acceptors (Lipinski definition) is 5. The Labute approximate surface area is 198 Å². The Hall–Kier alpha value is -3.02. The zero-order valence-electron chi connectivity index (χ0n) is 20.0. The Kier molecular flexibility index (Phi) is 7.87. The molecule has 1 heterocycles. The number of ether oxygens (including phenoxy) is 2.